The third-order valence-corrected chi connectivity index (χ3v) is 4.58. The SMILES string of the molecule is CCCc1c(-c2cc(=O)c3ccc(OCC(O)CO)cc3o2)ccc(OC)c1O. The maximum absolute atomic E-state index is 12.6. The Balaban J connectivity index is 2.08. The molecule has 0 saturated carbocycles. The molecule has 1 aromatic heterocycles. The first-order chi connectivity index (χ1) is 14.0. The monoisotopic (exact) mass is 400 g/mol. The first kappa shape index (κ1) is 20.7. The number of methoxy groups -OCH3 is 1. The quantitative estimate of drug-likeness (QED) is 0.533. The number of aromatic hydroxyl groups is 1. The minimum absolute atomic E-state index is 0.0321. The van der Waals surface area contributed by atoms with Gasteiger partial charge < -0.3 is 29.2 Å². The van der Waals surface area contributed by atoms with Crippen LogP contribution in [0.3, 0.4) is 0 Å². The van der Waals surface area contributed by atoms with E-state index in [4.69, 9.17) is 19.0 Å². The Morgan fingerprint density at radius 3 is 2.66 bits per heavy atom. The van der Waals surface area contributed by atoms with Gasteiger partial charge in [-0.3, -0.25) is 4.79 Å². The van der Waals surface area contributed by atoms with E-state index in [1.54, 1.807) is 30.3 Å². The molecule has 0 aliphatic rings. The Morgan fingerprint density at radius 2 is 1.97 bits per heavy atom. The van der Waals surface area contributed by atoms with Crippen LogP contribution >= 0.6 is 0 Å². The third kappa shape index (κ3) is 4.36. The molecule has 0 aliphatic heterocycles. The summed E-state index contributed by atoms with van der Waals surface area (Å²) in [5.74, 6) is 1.12. The predicted molar refractivity (Wildman–Crippen MR) is 109 cm³/mol. The molecule has 0 fully saturated rings. The molecular weight excluding hydrogens is 376 g/mol. The van der Waals surface area contributed by atoms with Crippen molar-refractivity contribution in [1.29, 1.82) is 0 Å². The molecule has 3 N–H and O–H groups in total. The normalized spacial score (nSPS) is 12.1. The van der Waals surface area contributed by atoms with E-state index in [1.807, 2.05) is 6.92 Å². The Bertz CT molecular complexity index is 1050. The molecule has 1 heterocycles. The van der Waals surface area contributed by atoms with Gasteiger partial charge >= 0.3 is 0 Å². The minimum atomic E-state index is -0.997. The number of hydrogen-bond acceptors (Lipinski definition) is 7. The molecule has 0 aliphatic carbocycles. The van der Waals surface area contributed by atoms with Crippen LogP contribution in [0.5, 0.6) is 17.2 Å². The van der Waals surface area contributed by atoms with Crippen molar-refractivity contribution in [1.82, 2.24) is 0 Å². The van der Waals surface area contributed by atoms with Gasteiger partial charge in [-0.05, 0) is 30.7 Å². The van der Waals surface area contributed by atoms with Gasteiger partial charge in [0.1, 0.15) is 29.8 Å². The third-order valence-electron chi connectivity index (χ3n) is 4.58. The van der Waals surface area contributed by atoms with Crippen LogP contribution in [0, 0.1) is 0 Å². The molecule has 154 valence electrons. The Labute approximate surface area is 167 Å². The highest BCUT2D eigenvalue weighted by atomic mass is 16.5. The van der Waals surface area contributed by atoms with Crippen LogP contribution in [0.25, 0.3) is 22.3 Å². The highest BCUT2D eigenvalue weighted by Crippen LogP contribution is 2.38. The van der Waals surface area contributed by atoms with Gasteiger partial charge in [-0.25, -0.2) is 0 Å². The zero-order chi connectivity index (χ0) is 21.0. The number of ether oxygens (including phenoxy) is 2. The fraction of sp³-hybridized carbons (Fsp3) is 0.318. The van der Waals surface area contributed by atoms with Gasteiger partial charge in [0.05, 0.1) is 19.1 Å². The average Bonchev–Trinajstić information content (AvgIpc) is 2.73. The van der Waals surface area contributed by atoms with Crippen molar-refractivity contribution in [2.45, 2.75) is 25.9 Å². The molecule has 1 unspecified atom stereocenters. The summed E-state index contributed by atoms with van der Waals surface area (Å²) < 4.78 is 16.6. The fourth-order valence-corrected chi connectivity index (χ4v) is 3.12. The van der Waals surface area contributed by atoms with Crippen molar-refractivity contribution in [2.24, 2.45) is 0 Å². The van der Waals surface area contributed by atoms with E-state index < -0.39 is 12.7 Å². The number of phenols is 1. The van der Waals surface area contributed by atoms with Crippen LogP contribution in [0.2, 0.25) is 0 Å². The average molecular weight is 400 g/mol. The Kier molecular flexibility index (Phi) is 6.41. The second-order valence-electron chi connectivity index (χ2n) is 6.67. The van der Waals surface area contributed by atoms with Crippen LogP contribution in [-0.2, 0) is 6.42 Å². The van der Waals surface area contributed by atoms with Crippen molar-refractivity contribution in [2.75, 3.05) is 20.3 Å². The molecule has 0 radical (unpaired) electrons. The van der Waals surface area contributed by atoms with Gasteiger partial charge in [-0.1, -0.05) is 13.3 Å². The summed E-state index contributed by atoms with van der Waals surface area (Å²) in [6, 6.07) is 9.54. The smallest absolute Gasteiger partial charge is 0.193 e. The van der Waals surface area contributed by atoms with Crippen LogP contribution in [0.1, 0.15) is 18.9 Å². The molecule has 3 rings (SSSR count). The van der Waals surface area contributed by atoms with E-state index in [9.17, 15) is 15.0 Å². The molecule has 1 atom stereocenters. The van der Waals surface area contributed by atoms with Crippen LogP contribution in [0.15, 0.2) is 45.6 Å². The van der Waals surface area contributed by atoms with Crippen molar-refractivity contribution >= 4 is 11.0 Å². The van der Waals surface area contributed by atoms with Crippen molar-refractivity contribution in [3.63, 3.8) is 0 Å². The zero-order valence-electron chi connectivity index (χ0n) is 16.3. The standard InChI is InChI=1S/C22H24O7/c1-3-4-16-15(7-8-19(27-2)22(16)26)21-10-18(25)17-6-5-14(9-20(17)29-21)28-12-13(24)11-23/h5-10,13,23-24,26H,3-4,11-12H2,1-2H3. The second-order valence-corrected chi connectivity index (χ2v) is 6.67. The van der Waals surface area contributed by atoms with Gasteiger partial charge in [-0.15, -0.1) is 0 Å². The topological polar surface area (TPSA) is 109 Å². The predicted octanol–water partition coefficient (Wildman–Crippen LogP) is 2.86. The van der Waals surface area contributed by atoms with E-state index in [2.05, 4.69) is 0 Å². The van der Waals surface area contributed by atoms with Gasteiger partial charge in [0.15, 0.2) is 16.9 Å². The number of fused-ring (bicyclic) bond motifs is 1. The molecule has 3 aromatic rings. The number of phenolic OH excluding ortho intramolecular Hbond substituents is 1. The Morgan fingerprint density at radius 1 is 1.17 bits per heavy atom. The Hall–Kier alpha value is -3.03. The lowest BCUT2D eigenvalue weighted by molar-refractivity contribution is 0.0536. The maximum atomic E-state index is 12.6. The zero-order valence-corrected chi connectivity index (χ0v) is 16.3. The van der Waals surface area contributed by atoms with Crippen molar-refractivity contribution in [3.05, 3.63) is 52.2 Å². The summed E-state index contributed by atoms with van der Waals surface area (Å²) in [6.45, 7) is 1.50. The van der Waals surface area contributed by atoms with E-state index in [0.717, 1.165) is 6.42 Å². The molecular formula is C22H24O7. The van der Waals surface area contributed by atoms with E-state index in [1.165, 1.54) is 13.2 Å². The second kappa shape index (κ2) is 8.98. The largest absolute Gasteiger partial charge is 0.504 e. The summed E-state index contributed by atoms with van der Waals surface area (Å²) in [5.41, 5.74) is 1.36. The summed E-state index contributed by atoms with van der Waals surface area (Å²) >= 11 is 0. The summed E-state index contributed by atoms with van der Waals surface area (Å²) in [5, 5.41) is 29.2. The molecule has 7 heteroatoms. The highest BCUT2D eigenvalue weighted by Gasteiger charge is 2.17. The van der Waals surface area contributed by atoms with Crippen molar-refractivity contribution in [3.8, 4) is 28.6 Å². The van der Waals surface area contributed by atoms with Gasteiger partial charge in [0.25, 0.3) is 0 Å². The first-order valence-corrected chi connectivity index (χ1v) is 9.37. The summed E-state index contributed by atoms with van der Waals surface area (Å²) in [7, 11) is 1.48. The minimum Gasteiger partial charge on any atom is -0.504 e. The first-order valence-electron chi connectivity index (χ1n) is 9.37. The molecule has 0 bridgehead atoms. The number of aliphatic hydroxyl groups is 2. The molecule has 29 heavy (non-hydrogen) atoms. The fourth-order valence-electron chi connectivity index (χ4n) is 3.12. The highest BCUT2D eigenvalue weighted by molar-refractivity contribution is 5.81. The molecule has 0 amide bonds. The number of hydrogen-bond donors (Lipinski definition) is 3. The number of rotatable bonds is 8. The van der Waals surface area contributed by atoms with Gasteiger partial charge in [0, 0.05) is 23.3 Å². The summed E-state index contributed by atoms with van der Waals surface area (Å²) in [4.78, 5) is 12.6. The van der Waals surface area contributed by atoms with Gasteiger partial charge in [-0.2, -0.15) is 0 Å². The lowest BCUT2D eigenvalue weighted by Crippen LogP contribution is -2.21. The maximum Gasteiger partial charge on any atom is 0.193 e. The number of aliphatic hydroxyl groups excluding tert-OH is 2. The lowest BCUT2D eigenvalue weighted by Gasteiger charge is -2.14. The van der Waals surface area contributed by atoms with E-state index in [-0.39, 0.29) is 17.8 Å². The molecule has 0 spiro atoms. The van der Waals surface area contributed by atoms with Crippen LogP contribution in [-0.4, -0.2) is 41.7 Å². The van der Waals surface area contributed by atoms with E-state index in [0.29, 0.717) is 45.8 Å². The molecule has 7 nitrogen and oxygen atoms in total. The number of benzene rings is 2. The van der Waals surface area contributed by atoms with Crippen LogP contribution in [0.4, 0.5) is 0 Å². The van der Waals surface area contributed by atoms with Crippen LogP contribution < -0.4 is 14.9 Å². The molecule has 0 saturated heterocycles. The van der Waals surface area contributed by atoms with Gasteiger partial charge in [0.2, 0.25) is 0 Å². The van der Waals surface area contributed by atoms with E-state index >= 15 is 0 Å². The van der Waals surface area contributed by atoms with Crippen molar-refractivity contribution < 1.29 is 29.2 Å². The molecule has 2 aromatic carbocycles. The summed E-state index contributed by atoms with van der Waals surface area (Å²) in [6.07, 6.45) is 0.377. The lowest BCUT2D eigenvalue weighted by atomic mass is 9.99.